The second-order valence-corrected chi connectivity index (χ2v) is 7.84. The summed E-state index contributed by atoms with van der Waals surface area (Å²) < 4.78 is 13.5. The van der Waals surface area contributed by atoms with Gasteiger partial charge < -0.3 is 10.3 Å². The lowest BCUT2D eigenvalue weighted by Crippen LogP contribution is -3.14. The molecule has 0 bridgehead atoms. The Bertz CT molecular complexity index is 929. The van der Waals surface area contributed by atoms with Gasteiger partial charge in [0, 0.05) is 11.3 Å². The fourth-order valence-electron chi connectivity index (χ4n) is 4.84. The highest BCUT2D eigenvalue weighted by Gasteiger charge is 2.64. The van der Waals surface area contributed by atoms with Crippen molar-refractivity contribution >= 4 is 5.71 Å². The summed E-state index contributed by atoms with van der Waals surface area (Å²) in [5.74, 6) is -1.96. The van der Waals surface area contributed by atoms with Crippen LogP contribution in [-0.4, -0.2) is 25.3 Å². The summed E-state index contributed by atoms with van der Waals surface area (Å²) in [6.07, 6.45) is 2.01. The van der Waals surface area contributed by atoms with E-state index in [1.54, 1.807) is 12.1 Å². The van der Waals surface area contributed by atoms with Crippen molar-refractivity contribution in [2.24, 2.45) is 16.7 Å². The van der Waals surface area contributed by atoms with Crippen LogP contribution in [0.25, 0.3) is 0 Å². The van der Waals surface area contributed by atoms with Gasteiger partial charge in [0.1, 0.15) is 17.8 Å². The van der Waals surface area contributed by atoms with E-state index < -0.39 is 28.5 Å². The van der Waals surface area contributed by atoms with E-state index in [1.165, 1.54) is 17.0 Å². The molecule has 3 rings (SSSR count). The van der Waals surface area contributed by atoms with Gasteiger partial charge in [0.05, 0.1) is 37.5 Å². The lowest BCUT2D eigenvalue weighted by atomic mass is 9.48. The minimum absolute atomic E-state index is 0.155. The second kappa shape index (κ2) is 6.31. The minimum atomic E-state index is -1.77. The lowest BCUT2D eigenvalue weighted by molar-refractivity contribution is -0.905. The number of benzene rings is 1. The molecule has 1 unspecified atom stereocenters. The molecule has 5 nitrogen and oxygen atoms in total. The number of halogens is 1. The van der Waals surface area contributed by atoms with Crippen LogP contribution in [0.3, 0.4) is 0 Å². The maximum absolute atomic E-state index is 13.5. The Morgan fingerprint density at radius 2 is 1.78 bits per heavy atom. The van der Waals surface area contributed by atoms with E-state index in [0.717, 1.165) is 5.57 Å². The van der Waals surface area contributed by atoms with Gasteiger partial charge in [-0.15, -0.1) is 0 Å². The molecule has 6 heteroatoms. The molecule has 0 aromatic heterocycles. The molecule has 0 amide bonds. The Kier molecular flexibility index (Phi) is 4.38. The topological polar surface area (TPSA) is 99.7 Å². The van der Waals surface area contributed by atoms with Crippen LogP contribution in [0.15, 0.2) is 35.9 Å². The smallest absolute Gasteiger partial charge is 0.190 e. The molecule has 27 heavy (non-hydrogen) atoms. The summed E-state index contributed by atoms with van der Waals surface area (Å²) >= 11 is 0. The Labute approximate surface area is 158 Å². The lowest BCUT2D eigenvalue weighted by Gasteiger charge is -2.53. The van der Waals surface area contributed by atoms with Gasteiger partial charge in [0.15, 0.2) is 5.41 Å². The third kappa shape index (κ3) is 2.47. The fraction of sp³-hybridized carbons (Fsp3) is 0.429. The van der Waals surface area contributed by atoms with Crippen LogP contribution in [0.4, 0.5) is 4.39 Å². The van der Waals surface area contributed by atoms with E-state index in [2.05, 4.69) is 18.2 Å². The maximum atomic E-state index is 13.5. The predicted molar refractivity (Wildman–Crippen MR) is 97.0 cm³/mol. The fourth-order valence-corrected chi connectivity index (χ4v) is 4.84. The van der Waals surface area contributed by atoms with Crippen molar-refractivity contribution in [3.63, 3.8) is 0 Å². The zero-order valence-electron chi connectivity index (χ0n) is 15.5. The summed E-state index contributed by atoms with van der Waals surface area (Å²) in [5, 5.41) is 38.4. The first-order valence-electron chi connectivity index (χ1n) is 8.86. The third-order valence-corrected chi connectivity index (χ3v) is 6.29. The average molecular weight is 362 g/mol. The van der Waals surface area contributed by atoms with Crippen LogP contribution in [-0.2, 0) is 0 Å². The molecular formula is C21H21FN5+. The van der Waals surface area contributed by atoms with E-state index in [-0.39, 0.29) is 11.8 Å². The largest absolute Gasteiger partial charge is 0.331 e. The predicted octanol–water partition coefficient (Wildman–Crippen LogP) is 1.97. The number of nitrogens with one attached hydrogen (secondary N) is 2. The highest BCUT2D eigenvalue weighted by atomic mass is 19.1. The molecule has 1 aromatic rings. The van der Waals surface area contributed by atoms with Crippen molar-refractivity contribution in [2.45, 2.75) is 25.8 Å². The molecule has 2 N–H and O–H groups in total. The Morgan fingerprint density at radius 1 is 1.19 bits per heavy atom. The Balaban J connectivity index is 2.36. The zero-order chi connectivity index (χ0) is 20.0. The summed E-state index contributed by atoms with van der Waals surface area (Å²) in [6.45, 7) is 4.62. The van der Waals surface area contributed by atoms with E-state index in [1.807, 2.05) is 27.0 Å². The van der Waals surface area contributed by atoms with Crippen LogP contribution in [0.1, 0.15) is 25.3 Å². The van der Waals surface area contributed by atoms with Crippen molar-refractivity contribution in [2.75, 3.05) is 13.6 Å². The SMILES string of the molecule is C[C@@H]1C=C2[C@@H](C#N)C(=N)C(C#N)(C#N)[C@H](c3ccc(F)cc3)[C@]2(C)C[NH+]1C. The second-order valence-electron chi connectivity index (χ2n) is 7.84. The van der Waals surface area contributed by atoms with Gasteiger partial charge in [-0.1, -0.05) is 12.1 Å². The number of likely N-dealkylation sites (N-methyl/N-ethyl adjacent to an activating group) is 1. The highest BCUT2D eigenvalue weighted by molar-refractivity contribution is 6.01. The van der Waals surface area contributed by atoms with Gasteiger partial charge in [-0.2, -0.15) is 15.8 Å². The molecule has 1 aliphatic carbocycles. The molecule has 0 spiro atoms. The number of hydrogen-bond acceptors (Lipinski definition) is 4. The van der Waals surface area contributed by atoms with Crippen molar-refractivity contribution in [3.05, 3.63) is 47.3 Å². The Morgan fingerprint density at radius 3 is 2.30 bits per heavy atom. The molecule has 0 saturated heterocycles. The number of fused-ring (bicyclic) bond motifs is 1. The molecule has 1 saturated carbocycles. The minimum Gasteiger partial charge on any atom is -0.331 e. The molecule has 1 heterocycles. The van der Waals surface area contributed by atoms with E-state index >= 15 is 0 Å². The maximum Gasteiger partial charge on any atom is 0.190 e. The van der Waals surface area contributed by atoms with Gasteiger partial charge in [-0.3, -0.25) is 0 Å². The molecule has 1 aliphatic heterocycles. The van der Waals surface area contributed by atoms with Crippen molar-refractivity contribution in [1.82, 2.24) is 0 Å². The third-order valence-electron chi connectivity index (χ3n) is 6.29. The number of hydrogen-bond donors (Lipinski definition) is 2. The first-order valence-corrected chi connectivity index (χ1v) is 8.86. The van der Waals surface area contributed by atoms with Crippen LogP contribution < -0.4 is 4.90 Å². The van der Waals surface area contributed by atoms with E-state index in [4.69, 9.17) is 5.41 Å². The summed E-state index contributed by atoms with van der Waals surface area (Å²) in [7, 11) is 2.03. The van der Waals surface area contributed by atoms with Crippen molar-refractivity contribution in [3.8, 4) is 18.2 Å². The quantitative estimate of drug-likeness (QED) is 0.747. The van der Waals surface area contributed by atoms with Crippen molar-refractivity contribution < 1.29 is 9.29 Å². The Hall–Kier alpha value is -3.01. The molecule has 1 aromatic carbocycles. The van der Waals surface area contributed by atoms with Crippen LogP contribution >= 0.6 is 0 Å². The van der Waals surface area contributed by atoms with Gasteiger partial charge in [-0.05, 0) is 43.2 Å². The van der Waals surface area contributed by atoms with E-state index in [9.17, 15) is 20.2 Å². The molecule has 136 valence electrons. The van der Waals surface area contributed by atoms with Gasteiger partial charge >= 0.3 is 0 Å². The summed E-state index contributed by atoms with van der Waals surface area (Å²) in [5.41, 5.74) is -1.20. The number of quaternary nitrogens is 1. The zero-order valence-corrected chi connectivity index (χ0v) is 15.5. The summed E-state index contributed by atoms with van der Waals surface area (Å²) in [4.78, 5) is 1.20. The molecule has 0 radical (unpaired) electrons. The van der Waals surface area contributed by atoms with Gasteiger partial charge in [0.25, 0.3) is 0 Å². The average Bonchev–Trinajstić information content (AvgIpc) is 2.65. The summed E-state index contributed by atoms with van der Waals surface area (Å²) in [6, 6.07) is 12.2. The first-order chi connectivity index (χ1) is 12.7. The molecular weight excluding hydrogens is 341 g/mol. The standard InChI is InChI=1S/C21H20FN5/c1-13-8-17-16(9-23)19(26)21(10-24,11-25)18(20(17,2)12-27(13)3)14-4-6-15(22)7-5-14/h4-8,13,16,18,26H,12H2,1-3H3/p+1/t13-,16-,18-,20-/m1/s1. The molecule has 5 atom stereocenters. The van der Waals surface area contributed by atoms with Crippen LogP contribution in [0.5, 0.6) is 0 Å². The van der Waals surface area contributed by atoms with Crippen molar-refractivity contribution in [1.29, 1.82) is 21.2 Å². The number of nitrogens with zero attached hydrogens (tertiary/aromatic N) is 3. The normalized spacial score (nSPS) is 34.4. The van der Waals surface area contributed by atoms with Crippen LogP contribution in [0.2, 0.25) is 0 Å². The number of rotatable bonds is 1. The van der Waals surface area contributed by atoms with Gasteiger partial charge in [-0.25, -0.2) is 4.39 Å². The molecule has 2 aliphatic rings. The number of nitriles is 3. The highest BCUT2D eigenvalue weighted by Crippen LogP contribution is 2.59. The van der Waals surface area contributed by atoms with Crippen LogP contribution in [0, 0.1) is 62.0 Å². The van der Waals surface area contributed by atoms with Gasteiger partial charge in [0.2, 0.25) is 0 Å². The molecule has 1 fully saturated rings. The van der Waals surface area contributed by atoms with E-state index in [0.29, 0.717) is 12.1 Å². The first kappa shape index (κ1) is 18.8. The monoisotopic (exact) mass is 362 g/mol.